The summed E-state index contributed by atoms with van der Waals surface area (Å²) in [5.41, 5.74) is 2.72. The number of hydrogen-bond acceptors (Lipinski definition) is 3. The van der Waals surface area contributed by atoms with E-state index >= 15 is 0 Å². The zero-order valence-corrected chi connectivity index (χ0v) is 13.8. The predicted molar refractivity (Wildman–Crippen MR) is 91.6 cm³/mol. The van der Waals surface area contributed by atoms with E-state index in [1.54, 1.807) is 36.5 Å². The minimum atomic E-state index is -0.203. The first-order valence-corrected chi connectivity index (χ1v) is 7.41. The van der Waals surface area contributed by atoms with Gasteiger partial charge in [-0.2, -0.15) is 0 Å². The number of amides is 2. The zero-order chi connectivity index (χ0) is 17.0. The number of pyridine rings is 1. The normalized spacial score (nSPS) is 11.0. The van der Waals surface area contributed by atoms with Crippen LogP contribution in [0.3, 0.4) is 0 Å². The van der Waals surface area contributed by atoms with Gasteiger partial charge in [-0.1, -0.05) is 20.8 Å². The third-order valence-electron chi connectivity index (χ3n) is 3.25. The molecule has 1 aromatic heterocycles. The van der Waals surface area contributed by atoms with Crippen LogP contribution in [0, 0.1) is 0 Å². The molecule has 1 aromatic carbocycles. The average Bonchev–Trinajstić information content (AvgIpc) is 2.46. The molecule has 2 rings (SSSR count). The van der Waals surface area contributed by atoms with E-state index in [1.807, 2.05) is 6.07 Å². The van der Waals surface area contributed by atoms with Gasteiger partial charge in [0, 0.05) is 41.2 Å². The van der Waals surface area contributed by atoms with Gasteiger partial charge in [0.2, 0.25) is 5.91 Å². The van der Waals surface area contributed by atoms with E-state index in [4.69, 9.17) is 0 Å². The zero-order valence-electron chi connectivity index (χ0n) is 13.8. The Morgan fingerprint density at radius 3 is 2.17 bits per heavy atom. The van der Waals surface area contributed by atoms with Crippen molar-refractivity contribution < 1.29 is 9.59 Å². The molecule has 0 saturated heterocycles. The van der Waals surface area contributed by atoms with E-state index in [2.05, 4.69) is 36.4 Å². The number of anilines is 2. The molecule has 0 unspecified atom stereocenters. The highest BCUT2D eigenvalue weighted by Crippen LogP contribution is 2.22. The van der Waals surface area contributed by atoms with Crippen molar-refractivity contribution in [3.8, 4) is 0 Å². The second kappa shape index (κ2) is 6.60. The molecular weight excluding hydrogens is 290 g/mol. The molecule has 120 valence electrons. The molecule has 0 bridgehead atoms. The van der Waals surface area contributed by atoms with Crippen LogP contribution in [0.15, 0.2) is 42.6 Å². The summed E-state index contributed by atoms with van der Waals surface area (Å²) in [5.74, 6) is -0.348. The van der Waals surface area contributed by atoms with Crippen molar-refractivity contribution >= 4 is 23.2 Å². The first kappa shape index (κ1) is 16.7. The van der Waals surface area contributed by atoms with Crippen LogP contribution in [0.4, 0.5) is 11.4 Å². The van der Waals surface area contributed by atoms with E-state index in [0.717, 1.165) is 5.69 Å². The molecule has 2 N–H and O–H groups in total. The summed E-state index contributed by atoms with van der Waals surface area (Å²) in [4.78, 5) is 27.6. The van der Waals surface area contributed by atoms with Crippen molar-refractivity contribution in [1.29, 1.82) is 0 Å². The summed E-state index contributed by atoms with van der Waals surface area (Å²) in [6.07, 6.45) is 1.69. The molecular formula is C18H21N3O2. The average molecular weight is 311 g/mol. The highest BCUT2D eigenvalue weighted by molar-refractivity contribution is 6.04. The van der Waals surface area contributed by atoms with Gasteiger partial charge in [-0.15, -0.1) is 0 Å². The summed E-state index contributed by atoms with van der Waals surface area (Å²) >= 11 is 0. The molecule has 0 fully saturated rings. The molecule has 0 aliphatic rings. The third-order valence-corrected chi connectivity index (χ3v) is 3.25. The number of rotatable bonds is 3. The van der Waals surface area contributed by atoms with Crippen LogP contribution in [0.2, 0.25) is 0 Å². The molecule has 0 atom stereocenters. The molecule has 0 spiro atoms. The minimum Gasteiger partial charge on any atom is -0.326 e. The highest BCUT2D eigenvalue weighted by atomic mass is 16.2. The van der Waals surface area contributed by atoms with Gasteiger partial charge in [-0.05, 0) is 36.4 Å². The van der Waals surface area contributed by atoms with Gasteiger partial charge in [0.25, 0.3) is 5.91 Å². The van der Waals surface area contributed by atoms with Gasteiger partial charge in [-0.25, -0.2) is 0 Å². The lowest BCUT2D eigenvalue weighted by Crippen LogP contribution is -2.16. The number of hydrogen-bond donors (Lipinski definition) is 2. The molecule has 2 amide bonds. The second-order valence-corrected chi connectivity index (χ2v) is 6.39. The lowest BCUT2D eigenvalue weighted by Gasteiger charge is -2.18. The monoisotopic (exact) mass is 311 g/mol. The first-order chi connectivity index (χ1) is 10.8. The van der Waals surface area contributed by atoms with Gasteiger partial charge < -0.3 is 10.6 Å². The number of aromatic nitrogens is 1. The van der Waals surface area contributed by atoms with Crippen molar-refractivity contribution in [3.05, 3.63) is 53.9 Å². The maximum atomic E-state index is 12.3. The van der Waals surface area contributed by atoms with Gasteiger partial charge in [-0.3, -0.25) is 14.6 Å². The smallest absolute Gasteiger partial charge is 0.255 e. The van der Waals surface area contributed by atoms with Crippen LogP contribution >= 0.6 is 0 Å². The molecule has 1 heterocycles. The van der Waals surface area contributed by atoms with Crippen molar-refractivity contribution in [1.82, 2.24) is 4.98 Å². The Labute approximate surface area is 136 Å². The number of benzene rings is 1. The highest BCUT2D eigenvalue weighted by Gasteiger charge is 2.16. The number of carbonyl (C=O) groups excluding carboxylic acids is 2. The van der Waals surface area contributed by atoms with Gasteiger partial charge in [0.05, 0.1) is 0 Å². The van der Waals surface area contributed by atoms with Crippen LogP contribution in [-0.2, 0) is 10.2 Å². The molecule has 0 aliphatic heterocycles. The van der Waals surface area contributed by atoms with Crippen molar-refractivity contribution in [2.45, 2.75) is 33.1 Å². The van der Waals surface area contributed by atoms with Crippen LogP contribution < -0.4 is 10.6 Å². The Morgan fingerprint density at radius 1 is 0.957 bits per heavy atom. The standard InChI is InChI=1S/C18H21N3O2/c1-12(22)20-14-7-5-13(6-8-14)17(23)21-15-9-10-19-16(11-15)18(2,3)4/h5-11H,1-4H3,(H,20,22)(H,19,21,23). The summed E-state index contributed by atoms with van der Waals surface area (Å²) in [5, 5.41) is 5.53. The number of carbonyl (C=O) groups is 2. The Bertz CT molecular complexity index is 716. The lowest BCUT2D eigenvalue weighted by molar-refractivity contribution is -0.114. The fraction of sp³-hybridized carbons (Fsp3) is 0.278. The molecule has 23 heavy (non-hydrogen) atoms. The molecule has 0 saturated carbocycles. The quantitative estimate of drug-likeness (QED) is 0.910. The SMILES string of the molecule is CC(=O)Nc1ccc(C(=O)Nc2ccnc(C(C)(C)C)c2)cc1. The molecule has 0 aliphatic carbocycles. The Balaban J connectivity index is 2.11. The van der Waals surface area contributed by atoms with E-state index < -0.39 is 0 Å². The minimum absolute atomic E-state index is 0.0826. The van der Waals surface area contributed by atoms with Crippen molar-refractivity contribution in [3.63, 3.8) is 0 Å². The second-order valence-electron chi connectivity index (χ2n) is 6.39. The Hall–Kier alpha value is -2.69. The molecule has 2 aromatic rings. The summed E-state index contributed by atoms with van der Waals surface area (Å²) in [7, 11) is 0. The Morgan fingerprint density at radius 2 is 1.61 bits per heavy atom. The van der Waals surface area contributed by atoms with Crippen molar-refractivity contribution in [2.24, 2.45) is 0 Å². The molecule has 0 radical (unpaired) electrons. The summed E-state index contributed by atoms with van der Waals surface area (Å²) < 4.78 is 0. The summed E-state index contributed by atoms with van der Waals surface area (Å²) in [6, 6.07) is 10.4. The van der Waals surface area contributed by atoms with Gasteiger partial charge >= 0.3 is 0 Å². The number of nitrogens with one attached hydrogen (secondary N) is 2. The third kappa shape index (κ3) is 4.64. The Kier molecular flexibility index (Phi) is 4.79. The molecule has 5 nitrogen and oxygen atoms in total. The summed E-state index contributed by atoms with van der Waals surface area (Å²) in [6.45, 7) is 7.65. The fourth-order valence-electron chi connectivity index (χ4n) is 2.03. The van der Waals surface area contributed by atoms with Gasteiger partial charge in [0.1, 0.15) is 0 Å². The lowest BCUT2D eigenvalue weighted by atomic mass is 9.91. The van der Waals surface area contributed by atoms with Crippen LogP contribution in [-0.4, -0.2) is 16.8 Å². The van der Waals surface area contributed by atoms with E-state index in [-0.39, 0.29) is 17.2 Å². The molecule has 5 heteroatoms. The van der Waals surface area contributed by atoms with Gasteiger partial charge in [0.15, 0.2) is 0 Å². The van der Waals surface area contributed by atoms with E-state index in [9.17, 15) is 9.59 Å². The van der Waals surface area contributed by atoms with E-state index in [1.165, 1.54) is 6.92 Å². The predicted octanol–water partition coefficient (Wildman–Crippen LogP) is 3.59. The van der Waals surface area contributed by atoms with Crippen LogP contribution in [0.1, 0.15) is 43.7 Å². The fourth-order valence-corrected chi connectivity index (χ4v) is 2.03. The maximum absolute atomic E-state index is 12.3. The topological polar surface area (TPSA) is 71.1 Å². The van der Waals surface area contributed by atoms with Crippen LogP contribution in [0.25, 0.3) is 0 Å². The maximum Gasteiger partial charge on any atom is 0.255 e. The number of nitrogens with zero attached hydrogens (tertiary/aromatic N) is 1. The first-order valence-electron chi connectivity index (χ1n) is 7.41. The largest absolute Gasteiger partial charge is 0.326 e. The van der Waals surface area contributed by atoms with Crippen molar-refractivity contribution in [2.75, 3.05) is 10.6 Å². The van der Waals surface area contributed by atoms with Crippen LogP contribution in [0.5, 0.6) is 0 Å². The van der Waals surface area contributed by atoms with E-state index in [0.29, 0.717) is 16.9 Å².